The molecule has 1 fully saturated rings. The first-order valence-corrected chi connectivity index (χ1v) is 5.55. The van der Waals surface area contributed by atoms with Crippen LogP contribution >= 0.6 is 11.6 Å². The zero-order valence-corrected chi connectivity index (χ0v) is 9.64. The van der Waals surface area contributed by atoms with E-state index in [-0.39, 0.29) is 10.6 Å². The van der Waals surface area contributed by atoms with Crippen LogP contribution in [-0.2, 0) is 10.2 Å². The number of hydrogen-bond acceptors (Lipinski definition) is 1. The van der Waals surface area contributed by atoms with Gasteiger partial charge in [0.25, 0.3) is 0 Å². The molecule has 0 saturated heterocycles. The second-order valence-electron chi connectivity index (χ2n) is 4.35. The van der Waals surface area contributed by atoms with Gasteiger partial charge in [0.15, 0.2) is 0 Å². The van der Waals surface area contributed by atoms with Crippen LogP contribution in [0.25, 0.3) is 0 Å². The minimum Gasteiger partial charge on any atom is -0.481 e. The van der Waals surface area contributed by atoms with E-state index in [0.717, 1.165) is 12.0 Å². The molecular weight excluding hydrogens is 231 g/mol. The first-order valence-electron chi connectivity index (χ1n) is 5.17. The summed E-state index contributed by atoms with van der Waals surface area (Å²) >= 11 is 5.74. The Morgan fingerprint density at radius 2 is 2.12 bits per heavy atom. The smallest absolute Gasteiger partial charge is 0.314 e. The molecule has 1 aromatic rings. The normalized spacial score (nSPS) is 17.9. The lowest BCUT2D eigenvalue weighted by molar-refractivity contribution is -0.147. The highest BCUT2D eigenvalue weighted by molar-refractivity contribution is 6.30. The van der Waals surface area contributed by atoms with Crippen LogP contribution in [0.3, 0.4) is 0 Å². The predicted molar refractivity (Wildman–Crippen MR) is 59.3 cm³/mol. The standard InChI is InChI=1S/C12H12ClFO2/c1-7-5-8(10(14)9(13)6-7)12(11(15)16)3-2-4-12/h5-6H,2-4H2,1H3,(H,15,16). The van der Waals surface area contributed by atoms with Crippen molar-refractivity contribution < 1.29 is 14.3 Å². The van der Waals surface area contributed by atoms with E-state index in [4.69, 9.17) is 11.6 Å². The molecule has 16 heavy (non-hydrogen) atoms. The van der Waals surface area contributed by atoms with Crippen LogP contribution in [0.1, 0.15) is 30.4 Å². The van der Waals surface area contributed by atoms with Crippen molar-refractivity contribution in [2.75, 3.05) is 0 Å². The Balaban J connectivity index is 2.59. The molecule has 1 saturated carbocycles. The second kappa shape index (κ2) is 3.74. The summed E-state index contributed by atoms with van der Waals surface area (Å²) in [5, 5.41) is 9.24. The van der Waals surface area contributed by atoms with Crippen molar-refractivity contribution >= 4 is 17.6 Å². The van der Waals surface area contributed by atoms with E-state index in [1.165, 1.54) is 6.07 Å². The largest absolute Gasteiger partial charge is 0.481 e. The molecule has 0 spiro atoms. The van der Waals surface area contributed by atoms with Crippen molar-refractivity contribution in [1.29, 1.82) is 0 Å². The van der Waals surface area contributed by atoms with Crippen molar-refractivity contribution in [3.05, 3.63) is 34.1 Å². The third kappa shape index (κ3) is 1.50. The average molecular weight is 243 g/mol. The quantitative estimate of drug-likeness (QED) is 0.864. The molecular formula is C12H12ClFO2. The molecule has 0 aliphatic heterocycles. The fraction of sp³-hybridized carbons (Fsp3) is 0.417. The van der Waals surface area contributed by atoms with Gasteiger partial charge < -0.3 is 5.11 Å². The van der Waals surface area contributed by atoms with Gasteiger partial charge in [-0.05, 0) is 31.4 Å². The fourth-order valence-electron chi connectivity index (χ4n) is 2.20. The van der Waals surface area contributed by atoms with Crippen molar-refractivity contribution in [1.82, 2.24) is 0 Å². The highest BCUT2D eigenvalue weighted by Crippen LogP contribution is 2.46. The van der Waals surface area contributed by atoms with Crippen LogP contribution in [0, 0.1) is 12.7 Å². The molecule has 0 atom stereocenters. The van der Waals surface area contributed by atoms with Crippen LogP contribution in [-0.4, -0.2) is 11.1 Å². The Morgan fingerprint density at radius 3 is 2.56 bits per heavy atom. The monoisotopic (exact) mass is 242 g/mol. The number of hydrogen-bond donors (Lipinski definition) is 1. The number of carboxylic acid groups (broad SMARTS) is 1. The molecule has 1 N–H and O–H groups in total. The third-order valence-electron chi connectivity index (χ3n) is 3.30. The van der Waals surface area contributed by atoms with Gasteiger partial charge in [0.05, 0.1) is 10.4 Å². The van der Waals surface area contributed by atoms with Crippen molar-refractivity contribution in [2.24, 2.45) is 0 Å². The number of carbonyl (C=O) groups is 1. The number of rotatable bonds is 2. The van der Waals surface area contributed by atoms with Gasteiger partial charge in [-0.3, -0.25) is 4.79 Å². The van der Waals surface area contributed by atoms with Gasteiger partial charge in [-0.2, -0.15) is 0 Å². The van der Waals surface area contributed by atoms with Crippen LogP contribution in [0.15, 0.2) is 12.1 Å². The summed E-state index contributed by atoms with van der Waals surface area (Å²) in [5.74, 6) is -1.55. The topological polar surface area (TPSA) is 37.3 Å². The van der Waals surface area contributed by atoms with E-state index in [2.05, 4.69) is 0 Å². The number of carboxylic acids is 1. The van der Waals surface area contributed by atoms with E-state index in [1.54, 1.807) is 13.0 Å². The van der Waals surface area contributed by atoms with Gasteiger partial charge in [0.1, 0.15) is 5.82 Å². The zero-order valence-electron chi connectivity index (χ0n) is 8.89. The molecule has 0 amide bonds. The van der Waals surface area contributed by atoms with Gasteiger partial charge in [0.2, 0.25) is 0 Å². The lowest BCUT2D eigenvalue weighted by Gasteiger charge is -2.38. The van der Waals surface area contributed by atoms with Crippen LogP contribution in [0.5, 0.6) is 0 Å². The van der Waals surface area contributed by atoms with Gasteiger partial charge in [-0.15, -0.1) is 0 Å². The molecule has 0 heterocycles. The third-order valence-corrected chi connectivity index (χ3v) is 3.58. The highest BCUT2D eigenvalue weighted by atomic mass is 35.5. The van der Waals surface area contributed by atoms with E-state index < -0.39 is 17.2 Å². The summed E-state index contributed by atoms with van der Waals surface area (Å²) in [7, 11) is 0. The molecule has 0 radical (unpaired) electrons. The summed E-state index contributed by atoms with van der Waals surface area (Å²) < 4.78 is 13.9. The minimum atomic E-state index is -1.06. The Morgan fingerprint density at radius 1 is 1.50 bits per heavy atom. The summed E-state index contributed by atoms with van der Waals surface area (Å²) in [6, 6.07) is 3.10. The molecule has 2 rings (SSSR count). The van der Waals surface area contributed by atoms with Crippen LogP contribution in [0.4, 0.5) is 4.39 Å². The first-order chi connectivity index (χ1) is 7.47. The second-order valence-corrected chi connectivity index (χ2v) is 4.76. The molecule has 1 aromatic carbocycles. The van der Waals surface area contributed by atoms with Crippen LogP contribution < -0.4 is 0 Å². The first kappa shape index (κ1) is 11.4. The van der Waals surface area contributed by atoms with Gasteiger partial charge in [-0.1, -0.05) is 24.1 Å². The maximum absolute atomic E-state index is 13.9. The summed E-state index contributed by atoms with van der Waals surface area (Å²) in [4.78, 5) is 11.3. The van der Waals surface area contributed by atoms with E-state index >= 15 is 0 Å². The molecule has 1 aliphatic rings. The lowest BCUT2D eigenvalue weighted by Crippen LogP contribution is -2.43. The number of aliphatic carboxylic acids is 1. The Hall–Kier alpha value is -1.09. The summed E-state index contributed by atoms with van der Waals surface area (Å²) in [6.45, 7) is 1.78. The molecule has 0 aromatic heterocycles. The molecule has 0 bridgehead atoms. The number of halogens is 2. The molecule has 4 heteroatoms. The van der Waals surface area contributed by atoms with Gasteiger partial charge in [0, 0.05) is 5.56 Å². The van der Waals surface area contributed by atoms with E-state index in [9.17, 15) is 14.3 Å². The Bertz CT molecular complexity index is 453. The Labute approximate surface area is 98.0 Å². The number of aryl methyl sites for hydroxylation is 1. The fourth-order valence-corrected chi connectivity index (χ4v) is 2.48. The maximum Gasteiger partial charge on any atom is 0.314 e. The zero-order chi connectivity index (χ0) is 11.9. The van der Waals surface area contributed by atoms with Crippen LogP contribution in [0.2, 0.25) is 5.02 Å². The molecule has 86 valence electrons. The van der Waals surface area contributed by atoms with Gasteiger partial charge in [-0.25, -0.2) is 4.39 Å². The SMILES string of the molecule is Cc1cc(Cl)c(F)c(C2(C(=O)O)CCC2)c1. The number of benzene rings is 1. The van der Waals surface area contributed by atoms with Crippen molar-refractivity contribution in [2.45, 2.75) is 31.6 Å². The van der Waals surface area contributed by atoms with Crippen molar-refractivity contribution in [3.63, 3.8) is 0 Å². The van der Waals surface area contributed by atoms with E-state index in [0.29, 0.717) is 12.8 Å². The Kier molecular flexibility index (Phi) is 2.66. The average Bonchev–Trinajstić information content (AvgIpc) is 2.10. The van der Waals surface area contributed by atoms with Gasteiger partial charge >= 0.3 is 5.97 Å². The predicted octanol–water partition coefficient (Wildman–Crippen LogP) is 3.29. The lowest BCUT2D eigenvalue weighted by atomic mass is 9.64. The summed E-state index contributed by atoms with van der Waals surface area (Å²) in [5.41, 5.74) is -0.0371. The summed E-state index contributed by atoms with van der Waals surface area (Å²) in [6.07, 6.45) is 1.79. The van der Waals surface area contributed by atoms with Crippen molar-refractivity contribution in [3.8, 4) is 0 Å². The van der Waals surface area contributed by atoms with E-state index in [1.807, 2.05) is 0 Å². The molecule has 0 unspecified atom stereocenters. The maximum atomic E-state index is 13.9. The minimum absolute atomic E-state index is 0.00234. The molecule has 2 nitrogen and oxygen atoms in total. The highest BCUT2D eigenvalue weighted by Gasteiger charge is 2.47. The molecule has 1 aliphatic carbocycles.